The summed E-state index contributed by atoms with van der Waals surface area (Å²) in [4.78, 5) is 37.6. The van der Waals surface area contributed by atoms with Gasteiger partial charge in [-0.3, -0.25) is 9.59 Å². The van der Waals surface area contributed by atoms with Crippen molar-refractivity contribution in [1.29, 1.82) is 0 Å². The minimum Gasteiger partial charge on any atom is -0.480 e. The van der Waals surface area contributed by atoms with Gasteiger partial charge >= 0.3 is 5.97 Å². The van der Waals surface area contributed by atoms with E-state index < -0.39 is 23.7 Å². The van der Waals surface area contributed by atoms with Gasteiger partial charge in [0.1, 0.15) is 6.04 Å². The molecular weight excluding hydrogens is 302 g/mol. The maximum Gasteiger partial charge on any atom is 0.326 e. The number of amides is 1. The zero-order valence-corrected chi connectivity index (χ0v) is 12.4. The predicted molar refractivity (Wildman–Crippen MR) is 80.8 cm³/mol. The number of benzene rings is 1. The Kier molecular flexibility index (Phi) is 3.77. The Hall–Kier alpha value is -2.47. The Labute approximate surface area is 130 Å². The third-order valence-corrected chi connectivity index (χ3v) is 4.60. The lowest BCUT2D eigenvalue weighted by atomic mass is 9.93. The number of hydrogen-bond acceptors (Lipinski definition) is 4. The third kappa shape index (κ3) is 2.53. The summed E-state index contributed by atoms with van der Waals surface area (Å²) in [6.45, 7) is 0.142. The SMILES string of the molecule is O=C(C(=O)N1Cc2ccccc2CC1C(=O)O)c1cccs1. The zero-order valence-electron chi connectivity index (χ0n) is 11.6. The van der Waals surface area contributed by atoms with Gasteiger partial charge in [-0.1, -0.05) is 30.3 Å². The van der Waals surface area contributed by atoms with Crippen LogP contribution in [0.4, 0.5) is 0 Å². The monoisotopic (exact) mass is 315 g/mol. The molecule has 1 aliphatic rings. The second kappa shape index (κ2) is 5.73. The molecule has 1 aliphatic heterocycles. The van der Waals surface area contributed by atoms with Gasteiger partial charge in [-0.25, -0.2) is 4.79 Å². The number of carboxylic acid groups (broad SMARTS) is 1. The Morgan fingerprint density at radius 2 is 1.82 bits per heavy atom. The van der Waals surface area contributed by atoms with Crippen molar-refractivity contribution in [2.24, 2.45) is 0 Å². The fourth-order valence-electron chi connectivity index (χ4n) is 2.60. The molecule has 0 aliphatic carbocycles. The smallest absolute Gasteiger partial charge is 0.326 e. The van der Waals surface area contributed by atoms with Crippen molar-refractivity contribution in [2.45, 2.75) is 19.0 Å². The number of ketones is 1. The van der Waals surface area contributed by atoms with Crippen molar-refractivity contribution >= 4 is 29.0 Å². The molecule has 1 amide bonds. The van der Waals surface area contributed by atoms with Crippen LogP contribution >= 0.6 is 11.3 Å². The second-order valence-corrected chi connectivity index (χ2v) is 6.01. The summed E-state index contributed by atoms with van der Waals surface area (Å²) in [5.41, 5.74) is 1.79. The Morgan fingerprint density at radius 3 is 2.45 bits per heavy atom. The van der Waals surface area contributed by atoms with Gasteiger partial charge in [0.05, 0.1) is 4.88 Å². The lowest BCUT2D eigenvalue weighted by Gasteiger charge is -2.33. The average molecular weight is 315 g/mol. The molecule has 0 saturated carbocycles. The summed E-state index contributed by atoms with van der Waals surface area (Å²) in [5, 5.41) is 11.1. The fourth-order valence-corrected chi connectivity index (χ4v) is 3.26. The minimum atomic E-state index is -1.10. The highest BCUT2D eigenvalue weighted by atomic mass is 32.1. The third-order valence-electron chi connectivity index (χ3n) is 3.73. The first-order valence-electron chi connectivity index (χ1n) is 6.76. The number of rotatable bonds is 3. The van der Waals surface area contributed by atoms with Gasteiger partial charge < -0.3 is 10.0 Å². The second-order valence-electron chi connectivity index (χ2n) is 5.07. The Morgan fingerprint density at radius 1 is 1.09 bits per heavy atom. The number of thiophene rings is 1. The molecule has 1 N–H and O–H groups in total. The summed E-state index contributed by atoms with van der Waals surface area (Å²) in [7, 11) is 0. The van der Waals surface area contributed by atoms with Crippen molar-refractivity contribution in [3.05, 3.63) is 57.8 Å². The molecular formula is C16H13NO4S. The molecule has 112 valence electrons. The van der Waals surface area contributed by atoms with Crippen LogP contribution in [0.2, 0.25) is 0 Å². The van der Waals surface area contributed by atoms with Crippen molar-refractivity contribution < 1.29 is 19.5 Å². The first kappa shape index (κ1) is 14.5. The zero-order chi connectivity index (χ0) is 15.7. The van der Waals surface area contributed by atoms with E-state index in [1.165, 1.54) is 11.3 Å². The summed E-state index contributed by atoms with van der Waals surface area (Å²) in [6.07, 6.45) is 0.217. The van der Waals surface area contributed by atoms with Gasteiger partial charge in [-0.15, -0.1) is 11.3 Å². The van der Waals surface area contributed by atoms with Crippen molar-refractivity contribution in [3.63, 3.8) is 0 Å². The molecule has 0 fully saturated rings. The maximum atomic E-state index is 12.4. The van der Waals surface area contributed by atoms with E-state index in [1.54, 1.807) is 17.5 Å². The van der Waals surface area contributed by atoms with Gasteiger partial charge in [0.15, 0.2) is 0 Å². The van der Waals surface area contributed by atoms with Gasteiger partial charge in [0.2, 0.25) is 0 Å². The number of nitrogens with zero attached hydrogens (tertiary/aromatic N) is 1. The molecule has 0 radical (unpaired) electrons. The molecule has 0 spiro atoms. The minimum absolute atomic E-state index is 0.142. The lowest BCUT2D eigenvalue weighted by molar-refractivity contribution is -0.149. The Bertz CT molecular complexity index is 738. The van der Waals surface area contributed by atoms with E-state index in [4.69, 9.17) is 0 Å². The molecule has 2 heterocycles. The van der Waals surface area contributed by atoms with Gasteiger partial charge in [-0.05, 0) is 22.6 Å². The van der Waals surface area contributed by atoms with E-state index >= 15 is 0 Å². The highest BCUT2D eigenvalue weighted by Gasteiger charge is 2.37. The normalized spacial score (nSPS) is 16.9. The Balaban J connectivity index is 1.92. The van der Waals surface area contributed by atoms with Crippen LogP contribution in [0.25, 0.3) is 0 Å². The number of fused-ring (bicyclic) bond motifs is 1. The van der Waals surface area contributed by atoms with Crippen LogP contribution in [0.3, 0.4) is 0 Å². The molecule has 1 atom stereocenters. The van der Waals surface area contributed by atoms with Crippen LogP contribution in [0.1, 0.15) is 20.8 Å². The number of Topliss-reactive ketones (excluding diaryl/α,β-unsaturated/α-hetero) is 1. The number of aliphatic carboxylic acids is 1. The van der Waals surface area contributed by atoms with E-state index in [2.05, 4.69) is 0 Å². The lowest BCUT2D eigenvalue weighted by Crippen LogP contribution is -2.50. The van der Waals surface area contributed by atoms with E-state index in [0.717, 1.165) is 16.0 Å². The number of carbonyl (C=O) groups is 3. The molecule has 6 heteroatoms. The van der Waals surface area contributed by atoms with E-state index in [1.807, 2.05) is 24.3 Å². The molecule has 0 saturated heterocycles. The summed E-state index contributed by atoms with van der Waals surface area (Å²) >= 11 is 1.17. The number of carboxylic acids is 1. The van der Waals surface area contributed by atoms with Crippen LogP contribution in [0, 0.1) is 0 Å². The van der Waals surface area contributed by atoms with Gasteiger partial charge in [-0.2, -0.15) is 0 Å². The molecule has 5 nitrogen and oxygen atoms in total. The van der Waals surface area contributed by atoms with Crippen LogP contribution in [0.5, 0.6) is 0 Å². The topological polar surface area (TPSA) is 74.7 Å². The highest BCUT2D eigenvalue weighted by molar-refractivity contribution is 7.13. The van der Waals surface area contributed by atoms with Gasteiger partial charge in [0, 0.05) is 13.0 Å². The van der Waals surface area contributed by atoms with E-state index in [0.29, 0.717) is 4.88 Å². The van der Waals surface area contributed by atoms with Crippen molar-refractivity contribution in [1.82, 2.24) is 4.90 Å². The molecule has 0 bridgehead atoms. The van der Waals surface area contributed by atoms with E-state index in [-0.39, 0.29) is 13.0 Å². The first-order valence-corrected chi connectivity index (χ1v) is 7.64. The molecule has 22 heavy (non-hydrogen) atoms. The highest BCUT2D eigenvalue weighted by Crippen LogP contribution is 2.24. The summed E-state index contributed by atoms with van der Waals surface area (Å²) in [6, 6.07) is 9.63. The van der Waals surface area contributed by atoms with Gasteiger partial charge in [0.25, 0.3) is 11.7 Å². The van der Waals surface area contributed by atoms with Crippen LogP contribution in [-0.4, -0.2) is 33.7 Å². The molecule has 1 aromatic carbocycles. The molecule has 3 rings (SSSR count). The fraction of sp³-hybridized carbons (Fsp3) is 0.188. The van der Waals surface area contributed by atoms with Crippen LogP contribution in [0.15, 0.2) is 41.8 Å². The van der Waals surface area contributed by atoms with Crippen LogP contribution < -0.4 is 0 Å². The summed E-state index contributed by atoms with van der Waals surface area (Å²) < 4.78 is 0. The quantitative estimate of drug-likeness (QED) is 0.694. The largest absolute Gasteiger partial charge is 0.480 e. The predicted octanol–water partition coefficient (Wildman–Crippen LogP) is 1.97. The van der Waals surface area contributed by atoms with Crippen molar-refractivity contribution in [3.8, 4) is 0 Å². The maximum absolute atomic E-state index is 12.4. The number of hydrogen-bond donors (Lipinski definition) is 1. The molecule has 1 aromatic heterocycles. The van der Waals surface area contributed by atoms with Crippen molar-refractivity contribution in [2.75, 3.05) is 0 Å². The van der Waals surface area contributed by atoms with E-state index in [9.17, 15) is 19.5 Å². The number of carbonyl (C=O) groups excluding carboxylic acids is 2. The van der Waals surface area contributed by atoms with Crippen LogP contribution in [-0.2, 0) is 22.6 Å². The molecule has 1 unspecified atom stereocenters. The molecule has 2 aromatic rings. The summed E-state index contributed by atoms with van der Waals surface area (Å²) in [5.74, 6) is -2.51. The first-order chi connectivity index (χ1) is 10.6. The standard InChI is InChI=1S/C16H13NO4S/c18-14(13-6-3-7-22-13)15(19)17-9-11-5-2-1-4-10(11)8-12(17)16(20)21/h1-7,12H,8-9H2,(H,20,21). The average Bonchev–Trinajstić information content (AvgIpc) is 3.06.